The summed E-state index contributed by atoms with van der Waals surface area (Å²) in [6.45, 7) is 5.17. The van der Waals surface area contributed by atoms with E-state index in [4.69, 9.17) is 4.74 Å². The standard InChI is InChI=1S/C15H20FN5O4/c1-4-7-10(22)8(16)14(25-7)21-5-17-9-11(21)18-15(20-13(9)24)19-12(23)6(2)3/h5-8,10,14,22H,4H2,1-3H3,(H2,18,19,20,23,24). The van der Waals surface area contributed by atoms with Crippen molar-refractivity contribution in [3.05, 3.63) is 16.7 Å². The van der Waals surface area contributed by atoms with E-state index in [1.807, 2.05) is 0 Å². The number of carbonyl (C=O) groups is 1. The molecule has 0 aromatic carbocycles. The number of nitrogens with one attached hydrogen (secondary N) is 2. The van der Waals surface area contributed by atoms with Gasteiger partial charge < -0.3 is 9.84 Å². The lowest BCUT2D eigenvalue weighted by atomic mass is 10.1. The van der Waals surface area contributed by atoms with E-state index in [9.17, 15) is 19.1 Å². The van der Waals surface area contributed by atoms with Gasteiger partial charge in [-0.2, -0.15) is 4.98 Å². The molecule has 3 N–H and O–H groups in total. The maximum atomic E-state index is 14.4. The molecule has 0 bridgehead atoms. The number of aliphatic hydroxyl groups excluding tert-OH is 1. The Kier molecular flexibility index (Phi) is 4.56. The smallest absolute Gasteiger partial charge is 0.280 e. The summed E-state index contributed by atoms with van der Waals surface area (Å²) in [6, 6.07) is 0. The number of amides is 1. The fraction of sp³-hybridized carbons (Fsp3) is 0.600. The van der Waals surface area contributed by atoms with Crippen molar-refractivity contribution in [1.29, 1.82) is 0 Å². The first-order chi connectivity index (χ1) is 11.8. The van der Waals surface area contributed by atoms with E-state index in [1.54, 1.807) is 20.8 Å². The molecule has 2 aromatic heterocycles. The molecule has 0 spiro atoms. The monoisotopic (exact) mass is 353 g/mol. The summed E-state index contributed by atoms with van der Waals surface area (Å²) in [5.74, 6) is -0.686. The van der Waals surface area contributed by atoms with Crippen molar-refractivity contribution >= 4 is 23.0 Å². The van der Waals surface area contributed by atoms with Crippen LogP contribution in [0.3, 0.4) is 0 Å². The van der Waals surface area contributed by atoms with E-state index in [0.29, 0.717) is 6.42 Å². The lowest BCUT2D eigenvalue weighted by Gasteiger charge is -2.15. The number of rotatable bonds is 4. The van der Waals surface area contributed by atoms with Crippen molar-refractivity contribution in [1.82, 2.24) is 19.5 Å². The fourth-order valence-electron chi connectivity index (χ4n) is 2.70. The Morgan fingerprint density at radius 3 is 2.88 bits per heavy atom. The first kappa shape index (κ1) is 17.5. The van der Waals surface area contributed by atoms with E-state index in [0.717, 1.165) is 0 Å². The number of aromatic nitrogens is 4. The van der Waals surface area contributed by atoms with Crippen molar-refractivity contribution < 1.29 is 19.0 Å². The number of hydrogen-bond acceptors (Lipinski definition) is 6. The van der Waals surface area contributed by atoms with E-state index < -0.39 is 30.2 Å². The SMILES string of the molecule is CCC1OC(n2cnc3c(=O)[nH]c(NC(=O)C(C)C)nc32)C(F)C1O. The molecule has 9 nitrogen and oxygen atoms in total. The normalized spacial score (nSPS) is 26.5. The molecule has 3 heterocycles. The molecule has 4 unspecified atom stereocenters. The van der Waals surface area contributed by atoms with Crippen molar-refractivity contribution in [2.75, 3.05) is 5.32 Å². The maximum absolute atomic E-state index is 14.4. The third-order valence-electron chi connectivity index (χ3n) is 4.17. The molecular weight excluding hydrogens is 333 g/mol. The highest BCUT2D eigenvalue weighted by atomic mass is 19.1. The van der Waals surface area contributed by atoms with E-state index in [-0.39, 0.29) is 28.9 Å². The Bertz CT molecular complexity index is 848. The van der Waals surface area contributed by atoms with Crippen molar-refractivity contribution in [3.63, 3.8) is 0 Å². The van der Waals surface area contributed by atoms with Gasteiger partial charge >= 0.3 is 0 Å². The van der Waals surface area contributed by atoms with Gasteiger partial charge in [-0.15, -0.1) is 0 Å². The molecule has 3 rings (SSSR count). The van der Waals surface area contributed by atoms with Crippen LogP contribution in [-0.4, -0.2) is 48.9 Å². The summed E-state index contributed by atoms with van der Waals surface area (Å²) in [4.78, 5) is 34.5. The minimum atomic E-state index is -1.68. The van der Waals surface area contributed by atoms with Crippen LogP contribution >= 0.6 is 0 Å². The quantitative estimate of drug-likeness (QED) is 0.744. The van der Waals surface area contributed by atoms with Crippen LogP contribution in [0, 0.1) is 5.92 Å². The number of aliphatic hydroxyl groups is 1. The van der Waals surface area contributed by atoms with Crippen LogP contribution in [-0.2, 0) is 9.53 Å². The number of alkyl halides is 1. The number of nitrogens with zero attached hydrogens (tertiary/aromatic N) is 3. The third kappa shape index (κ3) is 3.02. The highest BCUT2D eigenvalue weighted by Crippen LogP contribution is 2.34. The summed E-state index contributed by atoms with van der Waals surface area (Å²) in [6.07, 6.45) is -3.07. The first-order valence-electron chi connectivity index (χ1n) is 8.08. The lowest BCUT2D eigenvalue weighted by Crippen LogP contribution is -2.28. The van der Waals surface area contributed by atoms with Gasteiger partial charge in [0.2, 0.25) is 11.9 Å². The molecule has 0 saturated carbocycles. The number of aromatic amines is 1. The molecule has 25 heavy (non-hydrogen) atoms. The molecular formula is C15H20FN5O4. The Labute approximate surface area is 142 Å². The number of anilines is 1. The summed E-state index contributed by atoms with van der Waals surface area (Å²) in [7, 11) is 0. The molecule has 4 atom stereocenters. The van der Waals surface area contributed by atoms with E-state index in [1.165, 1.54) is 10.9 Å². The van der Waals surface area contributed by atoms with Crippen LogP contribution in [0.15, 0.2) is 11.1 Å². The zero-order valence-corrected chi connectivity index (χ0v) is 14.1. The number of H-pyrrole nitrogens is 1. The molecule has 1 saturated heterocycles. The molecule has 136 valence electrons. The zero-order chi connectivity index (χ0) is 18.3. The van der Waals surface area contributed by atoms with Gasteiger partial charge in [-0.05, 0) is 6.42 Å². The number of halogens is 1. The van der Waals surface area contributed by atoms with Gasteiger partial charge in [-0.25, -0.2) is 9.37 Å². The van der Waals surface area contributed by atoms with Crippen LogP contribution < -0.4 is 10.9 Å². The molecule has 1 fully saturated rings. The molecule has 0 radical (unpaired) electrons. The van der Waals surface area contributed by atoms with Crippen LogP contribution in [0.4, 0.5) is 10.3 Å². The van der Waals surface area contributed by atoms with Gasteiger partial charge in [-0.1, -0.05) is 20.8 Å². The average molecular weight is 353 g/mol. The second-order valence-electron chi connectivity index (χ2n) is 6.29. The number of hydrogen-bond donors (Lipinski definition) is 3. The minimum absolute atomic E-state index is 0.00668. The van der Waals surface area contributed by atoms with Gasteiger partial charge in [0, 0.05) is 5.92 Å². The maximum Gasteiger partial charge on any atom is 0.280 e. The van der Waals surface area contributed by atoms with E-state index >= 15 is 0 Å². The van der Waals surface area contributed by atoms with Gasteiger partial charge in [0.15, 0.2) is 23.6 Å². The lowest BCUT2D eigenvalue weighted by molar-refractivity contribution is -0.118. The number of ether oxygens (including phenoxy) is 1. The second-order valence-corrected chi connectivity index (χ2v) is 6.29. The van der Waals surface area contributed by atoms with E-state index in [2.05, 4.69) is 20.3 Å². The number of carbonyl (C=O) groups excluding carboxylic acids is 1. The summed E-state index contributed by atoms with van der Waals surface area (Å²) in [5.41, 5.74) is -0.504. The summed E-state index contributed by atoms with van der Waals surface area (Å²) in [5, 5.41) is 12.4. The van der Waals surface area contributed by atoms with Gasteiger partial charge in [0.05, 0.1) is 12.4 Å². The van der Waals surface area contributed by atoms with Crippen molar-refractivity contribution in [3.8, 4) is 0 Å². The number of fused-ring (bicyclic) bond motifs is 1. The Morgan fingerprint density at radius 2 is 2.28 bits per heavy atom. The first-order valence-corrected chi connectivity index (χ1v) is 8.08. The molecule has 10 heteroatoms. The van der Waals surface area contributed by atoms with Crippen molar-refractivity contribution in [2.24, 2.45) is 5.92 Å². The Balaban J connectivity index is 2.01. The predicted octanol–water partition coefficient (Wildman–Crippen LogP) is 0.720. The summed E-state index contributed by atoms with van der Waals surface area (Å²) >= 11 is 0. The Hall–Kier alpha value is -2.33. The highest BCUT2D eigenvalue weighted by molar-refractivity contribution is 5.91. The molecule has 1 amide bonds. The predicted molar refractivity (Wildman–Crippen MR) is 86.7 cm³/mol. The van der Waals surface area contributed by atoms with Crippen LogP contribution in [0.2, 0.25) is 0 Å². The average Bonchev–Trinajstić information content (AvgIpc) is 3.10. The van der Waals surface area contributed by atoms with Gasteiger partial charge in [0.25, 0.3) is 5.56 Å². The topological polar surface area (TPSA) is 122 Å². The second kappa shape index (κ2) is 6.52. The Morgan fingerprint density at radius 1 is 1.56 bits per heavy atom. The minimum Gasteiger partial charge on any atom is -0.387 e. The molecule has 2 aromatic rings. The largest absolute Gasteiger partial charge is 0.387 e. The molecule has 1 aliphatic heterocycles. The number of imidazole rings is 1. The van der Waals surface area contributed by atoms with Crippen molar-refractivity contribution in [2.45, 2.75) is 51.8 Å². The van der Waals surface area contributed by atoms with Gasteiger partial charge in [-0.3, -0.25) is 24.5 Å². The molecule has 0 aliphatic carbocycles. The van der Waals surface area contributed by atoms with Gasteiger partial charge in [0.1, 0.15) is 6.10 Å². The van der Waals surface area contributed by atoms with Crippen LogP contribution in [0.25, 0.3) is 11.2 Å². The summed E-state index contributed by atoms with van der Waals surface area (Å²) < 4.78 is 21.2. The molecule has 1 aliphatic rings. The zero-order valence-electron chi connectivity index (χ0n) is 14.1. The highest BCUT2D eigenvalue weighted by Gasteiger charge is 2.44. The van der Waals surface area contributed by atoms with Crippen LogP contribution in [0.5, 0.6) is 0 Å². The van der Waals surface area contributed by atoms with Crippen LogP contribution in [0.1, 0.15) is 33.4 Å². The third-order valence-corrected chi connectivity index (χ3v) is 4.17. The fourth-order valence-corrected chi connectivity index (χ4v) is 2.70.